The molecule has 5 nitrogen and oxygen atoms in total. The Morgan fingerprint density at radius 3 is 2.17 bits per heavy atom. The third-order valence-corrected chi connectivity index (χ3v) is 5.25. The molecule has 1 aliphatic rings. The highest BCUT2D eigenvalue weighted by atomic mass is 35.5. The molecule has 154 valence electrons. The van der Waals surface area contributed by atoms with E-state index in [1.165, 1.54) is 0 Å². The molecule has 0 aromatic heterocycles. The zero-order chi connectivity index (χ0) is 21.0. The number of hydrogen-bond acceptors (Lipinski definition) is 3. The summed E-state index contributed by atoms with van der Waals surface area (Å²) < 4.78 is 0. The van der Waals surface area contributed by atoms with Gasteiger partial charge in [0.2, 0.25) is 5.91 Å². The van der Waals surface area contributed by atoms with Gasteiger partial charge in [-0.2, -0.15) is 0 Å². The number of anilines is 2. The molecule has 2 amide bonds. The van der Waals surface area contributed by atoms with E-state index in [1.54, 1.807) is 24.3 Å². The fourth-order valence-electron chi connectivity index (χ4n) is 3.38. The molecule has 0 aliphatic carbocycles. The van der Waals surface area contributed by atoms with E-state index >= 15 is 0 Å². The van der Waals surface area contributed by atoms with Crippen LogP contribution in [0.5, 0.6) is 0 Å². The van der Waals surface area contributed by atoms with Crippen molar-refractivity contribution in [3.63, 3.8) is 0 Å². The highest BCUT2D eigenvalue weighted by Crippen LogP contribution is 2.23. The second kappa shape index (κ2) is 8.87. The normalized spacial score (nSPS) is 14.6. The topological polar surface area (TPSA) is 52.7 Å². The van der Waals surface area contributed by atoms with Crippen molar-refractivity contribution in [3.05, 3.63) is 59.1 Å². The molecule has 2 aromatic rings. The summed E-state index contributed by atoms with van der Waals surface area (Å²) in [6.45, 7) is 9.36. The molecule has 0 spiro atoms. The van der Waals surface area contributed by atoms with Gasteiger partial charge in [-0.3, -0.25) is 9.59 Å². The van der Waals surface area contributed by atoms with Gasteiger partial charge in [-0.15, -0.1) is 0 Å². The van der Waals surface area contributed by atoms with E-state index in [0.29, 0.717) is 17.0 Å². The summed E-state index contributed by atoms with van der Waals surface area (Å²) >= 11 is 6.09. The van der Waals surface area contributed by atoms with E-state index < -0.39 is 0 Å². The van der Waals surface area contributed by atoms with Gasteiger partial charge in [-0.1, -0.05) is 44.5 Å². The Balaban J connectivity index is 1.55. The number of halogens is 1. The average Bonchev–Trinajstić information content (AvgIpc) is 2.68. The zero-order valence-corrected chi connectivity index (χ0v) is 18.0. The molecule has 0 atom stereocenters. The molecular formula is C23H28ClN3O2. The number of piperazine rings is 1. The van der Waals surface area contributed by atoms with Crippen LogP contribution in [0.25, 0.3) is 0 Å². The summed E-state index contributed by atoms with van der Waals surface area (Å²) in [6.07, 6.45) is 0.576. The Labute approximate surface area is 177 Å². The molecule has 0 unspecified atom stereocenters. The second-order valence-electron chi connectivity index (χ2n) is 8.59. The first-order valence-corrected chi connectivity index (χ1v) is 10.3. The SMILES string of the molecule is CC(C)(C)CC(=O)N1CCN(c2ccc(NC(=O)c3ccccc3Cl)cc2)CC1. The van der Waals surface area contributed by atoms with E-state index in [9.17, 15) is 9.59 Å². The summed E-state index contributed by atoms with van der Waals surface area (Å²) in [5, 5.41) is 3.31. The van der Waals surface area contributed by atoms with Crippen molar-refractivity contribution in [2.45, 2.75) is 27.2 Å². The Morgan fingerprint density at radius 1 is 0.966 bits per heavy atom. The zero-order valence-electron chi connectivity index (χ0n) is 17.2. The minimum absolute atomic E-state index is 0.0124. The number of hydrogen-bond donors (Lipinski definition) is 1. The van der Waals surface area contributed by atoms with Crippen molar-refractivity contribution in [1.82, 2.24) is 4.90 Å². The van der Waals surface area contributed by atoms with Gasteiger partial charge in [0.05, 0.1) is 10.6 Å². The minimum atomic E-state index is -0.227. The van der Waals surface area contributed by atoms with Crippen LogP contribution in [0.4, 0.5) is 11.4 Å². The number of amides is 2. The molecule has 0 saturated carbocycles. The largest absolute Gasteiger partial charge is 0.368 e. The number of benzene rings is 2. The number of nitrogens with one attached hydrogen (secondary N) is 1. The van der Waals surface area contributed by atoms with Crippen LogP contribution >= 0.6 is 11.6 Å². The number of nitrogens with zero attached hydrogens (tertiary/aromatic N) is 2. The predicted molar refractivity (Wildman–Crippen MR) is 119 cm³/mol. The van der Waals surface area contributed by atoms with Crippen LogP contribution in [-0.2, 0) is 4.79 Å². The van der Waals surface area contributed by atoms with Crippen LogP contribution < -0.4 is 10.2 Å². The smallest absolute Gasteiger partial charge is 0.257 e. The summed E-state index contributed by atoms with van der Waals surface area (Å²) in [4.78, 5) is 29.0. The van der Waals surface area contributed by atoms with Crippen molar-refractivity contribution in [3.8, 4) is 0 Å². The summed E-state index contributed by atoms with van der Waals surface area (Å²) in [7, 11) is 0. The van der Waals surface area contributed by atoms with Gasteiger partial charge >= 0.3 is 0 Å². The number of rotatable bonds is 4. The van der Waals surface area contributed by atoms with E-state index in [2.05, 4.69) is 31.0 Å². The molecule has 6 heteroatoms. The van der Waals surface area contributed by atoms with E-state index in [4.69, 9.17) is 11.6 Å². The molecule has 0 radical (unpaired) electrons. The van der Waals surface area contributed by atoms with Gasteiger partial charge in [0.1, 0.15) is 0 Å². The summed E-state index contributed by atoms with van der Waals surface area (Å²) in [5.74, 6) is 0.00380. The molecular weight excluding hydrogens is 386 g/mol. The predicted octanol–water partition coefficient (Wildman–Crippen LogP) is 4.68. The lowest BCUT2D eigenvalue weighted by atomic mass is 9.91. The van der Waals surface area contributed by atoms with Crippen molar-refractivity contribution in [2.24, 2.45) is 5.41 Å². The van der Waals surface area contributed by atoms with Crippen LogP contribution in [-0.4, -0.2) is 42.9 Å². The monoisotopic (exact) mass is 413 g/mol. The molecule has 3 rings (SSSR count). The van der Waals surface area contributed by atoms with Gasteiger partial charge in [-0.25, -0.2) is 0 Å². The molecule has 1 saturated heterocycles. The molecule has 1 aliphatic heterocycles. The lowest BCUT2D eigenvalue weighted by molar-refractivity contribution is -0.133. The van der Waals surface area contributed by atoms with Gasteiger partial charge in [-0.05, 0) is 41.8 Å². The van der Waals surface area contributed by atoms with Gasteiger partial charge in [0.15, 0.2) is 0 Å². The molecule has 1 fully saturated rings. The molecule has 0 bridgehead atoms. The first-order chi connectivity index (χ1) is 13.7. The Morgan fingerprint density at radius 2 is 1.59 bits per heavy atom. The third kappa shape index (κ3) is 5.73. The van der Waals surface area contributed by atoms with Crippen molar-refractivity contribution < 1.29 is 9.59 Å². The number of carbonyl (C=O) groups is 2. The van der Waals surface area contributed by atoms with Crippen LogP contribution in [0.1, 0.15) is 37.6 Å². The van der Waals surface area contributed by atoms with E-state index in [1.807, 2.05) is 29.2 Å². The minimum Gasteiger partial charge on any atom is -0.368 e. The van der Waals surface area contributed by atoms with Crippen LogP contribution in [0.3, 0.4) is 0 Å². The molecule has 29 heavy (non-hydrogen) atoms. The van der Waals surface area contributed by atoms with Crippen molar-refractivity contribution >= 4 is 34.8 Å². The second-order valence-corrected chi connectivity index (χ2v) is 8.99. The summed E-state index contributed by atoms with van der Waals surface area (Å²) in [5.41, 5.74) is 2.27. The van der Waals surface area contributed by atoms with Crippen molar-refractivity contribution in [2.75, 3.05) is 36.4 Å². The first kappa shape index (κ1) is 21.2. The van der Waals surface area contributed by atoms with Crippen LogP contribution in [0, 0.1) is 5.41 Å². The molecule has 2 aromatic carbocycles. The Hall–Kier alpha value is -2.53. The fourth-order valence-corrected chi connectivity index (χ4v) is 3.60. The maximum atomic E-state index is 12.4. The molecule has 1 heterocycles. The first-order valence-electron chi connectivity index (χ1n) is 9.92. The quantitative estimate of drug-likeness (QED) is 0.791. The van der Waals surface area contributed by atoms with Crippen LogP contribution in [0.2, 0.25) is 5.02 Å². The van der Waals surface area contributed by atoms with Gasteiger partial charge in [0, 0.05) is 44.0 Å². The maximum Gasteiger partial charge on any atom is 0.257 e. The van der Waals surface area contributed by atoms with Gasteiger partial charge in [0.25, 0.3) is 5.91 Å². The van der Waals surface area contributed by atoms with E-state index in [0.717, 1.165) is 37.6 Å². The van der Waals surface area contributed by atoms with Crippen LogP contribution in [0.15, 0.2) is 48.5 Å². The lowest BCUT2D eigenvalue weighted by Gasteiger charge is -2.37. The van der Waals surface area contributed by atoms with Crippen molar-refractivity contribution in [1.29, 1.82) is 0 Å². The maximum absolute atomic E-state index is 12.4. The fraction of sp³-hybridized carbons (Fsp3) is 0.391. The third-order valence-electron chi connectivity index (χ3n) is 4.92. The van der Waals surface area contributed by atoms with E-state index in [-0.39, 0.29) is 17.2 Å². The number of carbonyl (C=O) groups excluding carboxylic acids is 2. The Kier molecular flexibility index (Phi) is 6.48. The summed E-state index contributed by atoms with van der Waals surface area (Å²) in [6, 6.07) is 14.8. The lowest BCUT2D eigenvalue weighted by Crippen LogP contribution is -2.49. The molecule has 1 N–H and O–H groups in total. The Bertz CT molecular complexity index is 866. The average molecular weight is 414 g/mol. The standard InChI is InChI=1S/C23H28ClN3O2/c1-23(2,3)16-21(28)27-14-12-26(13-15-27)18-10-8-17(9-11-18)25-22(29)19-6-4-5-7-20(19)24/h4-11H,12-16H2,1-3H3,(H,25,29). The highest BCUT2D eigenvalue weighted by molar-refractivity contribution is 6.34. The highest BCUT2D eigenvalue weighted by Gasteiger charge is 2.25. The van der Waals surface area contributed by atoms with Gasteiger partial charge < -0.3 is 15.1 Å².